The first-order valence-corrected chi connectivity index (χ1v) is 13.3. The zero-order valence-electron chi connectivity index (χ0n) is 20.2. The van der Waals surface area contributed by atoms with E-state index in [0.717, 1.165) is 42.5 Å². The van der Waals surface area contributed by atoms with Gasteiger partial charge in [0.2, 0.25) is 5.91 Å². The molecule has 1 aromatic carbocycles. The molecule has 0 bridgehead atoms. The number of amides is 1. The van der Waals surface area contributed by atoms with Crippen molar-refractivity contribution in [2.75, 3.05) is 51.2 Å². The lowest BCUT2D eigenvalue weighted by Crippen LogP contribution is -2.55. The SMILES string of the molecule is Cc1ccc(N(CCC#N)C(=O)CN2CCN(S(=O)(=O)N(C)C3CCCCC3)CC2)cc1C. The topological polar surface area (TPSA) is 88.0 Å². The number of benzene rings is 1. The maximum absolute atomic E-state index is 13.1. The summed E-state index contributed by atoms with van der Waals surface area (Å²) in [4.78, 5) is 16.8. The number of rotatable bonds is 8. The summed E-state index contributed by atoms with van der Waals surface area (Å²) in [6.45, 7) is 6.40. The van der Waals surface area contributed by atoms with E-state index >= 15 is 0 Å². The highest BCUT2D eigenvalue weighted by molar-refractivity contribution is 7.86. The maximum Gasteiger partial charge on any atom is 0.282 e. The molecule has 0 spiro atoms. The fraction of sp³-hybridized carbons (Fsp3) is 0.667. The van der Waals surface area contributed by atoms with Crippen LogP contribution >= 0.6 is 0 Å². The van der Waals surface area contributed by atoms with Crippen molar-refractivity contribution in [2.24, 2.45) is 0 Å². The van der Waals surface area contributed by atoms with E-state index in [4.69, 9.17) is 5.26 Å². The van der Waals surface area contributed by atoms with Crippen LogP contribution in [0.3, 0.4) is 0 Å². The second-order valence-corrected chi connectivity index (χ2v) is 11.2. The van der Waals surface area contributed by atoms with E-state index in [1.807, 2.05) is 36.9 Å². The van der Waals surface area contributed by atoms with Crippen LogP contribution < -0.4 is 4.90 Å². The van der Waals surface area contributed by atoms with Crippen LogP contribution in [0.2, 0.25) is 0 Å². The van der Waals surface area contributed by atoms with Crippen LogP contribution in [0.1, 0.15) is 49.7 Å². The molecule has 0 unspecified atom stereocenters. The number of hydrogen-bond acceptors (Lipinski definition) is 5. The van der Waals surface area contributed by atoms with Crippen molar-refractivity contribution in [3.63, 3.8) is 0 Å². The zero-order chi connectivity index (χ0) is 24.0. The number of nitrogens with zero attached hydrogens (tertiary/aromatic N) is 5. The lowest BCUT2D eigenvalue weighted by Gasteiger charge is -2.38. The van der Waals surface area contributed by atoms with Gasteiger partial charge in [0.25, 0.3) is 10.2 Å². The van der Waals surface area contributed by atoms with Crippen molar-refractivity contribution in [3.8, 4) is 6.07 Å². The van der Waals surface area contributed by atoms with Crippen LogP contribution in [0, 0.1) is 25.2 Å². The summed E-state index contributed by atoms with van der Waals surface area (Å²) in [6.07, 6.45) is 5.48. The predicted molar refractivity (Wildman–Crippen MR) is 130 cm³/mol. The molecule has 3 rings (SSSR count). The molecule has 0 atom stereocenters. The minimum atomic E-state index is -3.49. The van der Waals surface area contributed by atoms with Crippen LogP contribution in [-0.2, 0) is 15.0 Å². The molecule has 9 heteroatoms. The molecule has 1 aliphatic heterocycles. The normalized spacial score (nSPS) is 18.9. The first kappa shape index (κ1) is 25.6. The minimum Gasteiger partial charge on any atom is -0.310 e. The average Bonchev–Trinajstić information content (AvgIpc) is 2.82. The summed E-state index contributed by atoms with van der Waals surface area (Å²) >= 11 is 0. The Morgan fingerprint density at radius 1 is 1.09 bits per heavy atom. The Bertz CT molecular complexity index is 961. The van der Waals surface area contributed by atoms with Crippen LogP contribution in [0.15, 0.2) is 18.2 Å². The molecule has 1 saturated carbocycles. The van der Waals surface area contributed by atoms with Gasteiger partial charge in [-0.05, 0) is 49.9 Å². The summed E-state index contributed by atoms with van der Waals surface area (Å²) in [6, 6.07) is 8.11. The first-order chi connectivity index (χ1) is 15.7. The Morgan fingerprint density at radius 2 is 1.76 bits per heavy atom. The third-order valence-electron chi connectivity index (χ3n) is 7.02. The molecule has 0 aromatic heterocycles. The fourth-order valence-corrected chi connectivity index (χ4v) is 6.24. The van der Waals surface area contributed by atoms with Gasteiger partial charge in [0.05, 0.1) is 19.0 Å². The summed E-state index contributed by atoms with van der Waals surface area (Å²) in [5, 5.41) is 9.04. The molecular formula is C24H37N5O3S. The van der Waals surface area contributed by atoms with Gasteiger partial charge in [-0.1, -0.05) is 25.3 Å². The molecule has 33 heavy (non-hydrogen) atoms. The van der Waals surface area contributed by atoms with E-state index in [1.165, 1.54) is 6.42 Å². The quantitative estimate of drug-likeness (QED) is 0.577. The van der Waals surface area contributed by atoms with Crippen LogP contribution in [-0.4, -0.2) is 80.2 Å². The van der Waals surface area contributed by atoms with Crippen LogP contribution in [0.4, 0.5) is 5.69 Å². The molecule has 1 heterocycles. The molecule has 0 radical (unpaired) electrons. The highest BCUT2D eigenvalue weighted by Crippen LogP contribution is 2.25. The minimum absolute atomic E-state index is 0.0656. The van der Waals surface area contributed by atoms with Gasteiger partial charge in [-0.15, -0.1) is 0 Å². The second-order valence-electron chi connectivity index (χ2n) is 9.21. The lowest BCUT2D eigenvalue weighted by molar-refractivity contribution is -0.120. The van der Waals surface area contributed by atoms with E-state index in [0.29, 0.717) is 32.7 Å². The standard InChI is InChI=1S/C24H37N5O3S/c1-20-10-11-23(18-21(20)2)29(13-7-12-25)24(30)19-27-14-16-28(17-15-27)33(31,32)26(3)22-8-5-4-6-9-22/h10-11,18,22H,4-9,13-17,19H2,1-3H3. The van der Waals surface area contributed by atoms with E-state index < -0.39 is 10.2 Å². The Labute approximate surface area is 198 Å². The zero-order valence-corrected chi connectivity index (χ0v) is 21.0. The summed E-state index contributed by atoms with van der Waals surface area (Å²) in [5.74, 6) is -0.0656. The van der Waals surface area contributed by atoms with E-state index in [-0.39, 0.29) is 24.9 Å². The van der Waals surface area contributed by atoms with Crippen LogP contribution in [0.25, 0.3) is 0 Å². The van der Waals surface area contributed by atoms with Gasteiger partial charge in [-0.2, -0.15) is 22.3 Å². The number of hydrogen-bond donors (Lipinski definition) is 0. The number of carbonyl (C=O) groups excluding carboxylic acids is 1. The third-order valence-corrected chi connectivity index (χ3v) is 9.06. The highest BCUT2D eigenvalue weighted by Gasteiger charge is 2.35. The van der Waals surface area contributed by atoms with Crippen molar-refractivity contribution >= 4 is 21.8 Å². The number of carbonyl (C=O) groups is 1. The Hall–Kier alpha value is -1.99. The number of nitriles is 1. The average molecular weight is 476 g/mol. The number of piperazine rings is 1. The molecule has 2 aliphatic rings. The van der Waals surface area contributed by atoms with E-state index in [2.05, 4.69) is 6.07 Å². The fourth-order valence-electron chi connectivity index (χ4n) is 4.66. The second kappa shape index (κ2) is 11.4. The molecule has 0 N–H and O–H groups in total. The predicted octanol–water partition coefficient (Wildman–Crippen LogP) is 2.68. The number of anilines is 1. The van der Waals surface area contributed by atoms with Crippen molar-refractivity contribution in [1.29, 1.82) is 5.26 Å². The van der Waals surface area contributed by atoms with Crippen LogP contribution in [0.5, 0.6) is 0 Å². The monoisotopic (exact) mass is 475 g/mol. The van der Waals surface area contributed by atoms with Crippen molar-refractivity contribution in [1.82, 2.24) is 13.5 Å². The van der Waals surface area contributed by atoms with E-state index in [9.17, 15) is 13.2 Å². The molecule has 182 valence electrons. The molecule has 2 fully saturated rings. The van der Waals surface area contributed by atoms with E-state index in [1.54, 1.807) is 20.6 Å². The Morgan fingerprint density at radius 3 is 2.36 bits per heavy atom. The smallest absolute Gasteiger partial charge is 0.282 e. The van der Waals surface area contributed by atoms with Gasteiger partial charge in [0.15, 0.2) is 0 Å². The van der Waals surface area contributed by atoms with Crippen molar-refractivity contribution in [3.05, 3.63) is 29.3 Å². The van der Waals surface area contributed by atoms with Gasteiger partial charge in [0.1, 0.15) is 0 Å². The molecule has 1 amide bonds. The summed E-state index contributed by atoms with van der Waals surface area (Å²) in [7, 11) is -1.78. The largest absolute Gasteiger partial charge is 0.310 e. The molecule has 1 saturated heterocycles. The van der Waals surface area contributed by atoms with Gasteiger partial charge in [0, 0.05) is 51.5 Å². The summed E-state index contributed by atoms with van der Waals surface area (Å²) in [5.41, 5.74) is 3.05. The Balaban J connectivity index is 1.59. The van der Waals surface area contributed by atoms with Gasteiger partial charge < -0.3 is 4.90 Å². The van der Waals surface area contributed by atoms with Gasteiger partial charge in [-0.25, -0.2) is 0 Å². The summed E-state index contributed by atoms with van der Waals surface area (Å²) < 4.78 is 29.3. The van der Waals surface area contributed by atoms with Crippen molar-refractivity contribution in [2.45, 2.75) is 58.4 Å². The molecule has 1 aromatic rings. The maximum atomic E-state index is 13.1. The highest BCUT2D eigenvalue weighted by atomic mass is 32.2. The first-order valence-electron chi connectivity index (χ1n) is 11.9. The molecule has 1 aliphatic carbocycles. The third kappa shape index (κ3) is 6.33. The molecular weight excluding hydrogens is 438 g/mol. The lowest BCUT2D eigenvalue weighted by atomic mass is 9.96. The van der Waals surface area contributed by atoms with Gasteiger partial charge >= 0.3 is 0 Å². The number of aryl methyl sites for hydroxylation is 2. The van der Waals surface area contributed by atoms with Gasteiger partial charge in [-0.3, -0.25) is 9.69 Å². The van der Waals surface area contributed by atoms with Crippen molar-refractivity contribution < 1.29 is 13.2 Å². The molecule has 8 nitrogen and oxygen atoms in total. The Kier molecular flexibility index (Phi) is 8.88.